The fraction of sp³-hybridized carbons (Fsp3) is 0.571. The van der Waals surface area contributed by atoms with Crippen molar-refractivity contribution in [2.24, 2.45) is 0 Å². The van der Waals surface area contributed by atoms with E-state index in [0.29, 0.717) is 12.2 Å². The number of anilines is 1. The number of nitrogens with zero attached hydrogens (tertiary/aromatic N) is 3. The molecule has 2 rings (SSSR count). The van der Waals surface area contributed by atoms with Gasteiger partial charge >= 0.3 is 5.97 Å². The average molecular weight is 182 g/mol. The highest BCUT2D eigenvalue weighted by atomic mass is 16.4. The Morgan fingerprint density at radius 3 is 3.08 bits per heavy atom. The monoisotopic (exact) mass is 182 g/mol. The second kappa shape index (κ2) is 2.72. The minimum atomic E-state index is -0.868. The fourth-order valence-electron chi connectivity index (χ4n) is 1.66. The predicted molar refractivity (Wildman–Crippen MR) is 44.0 cm³/mol. The van der Waals surface area contributed by atoms with Crippen LogP contribution in [0.15, 0.2) is 0 Å². The number of rotatable bonds is 1. The van der Waals surface area contributed by atoms with Crippen molar-refractivity contribution in [2.75, 3.05) is 5.73 Å². The smallest absolute Gasteiger partial charge is 0.326 e. The molecule has 0 fully saturated rings. The largest absolute Gasteiger partial charge is 0.480 e. The zero-order valence-corrected chi connectivity index (χ0v) is 6.97. The summed E-state index contributed by atoms with van der Waals surface area (Å²) in [4.78, 5) is 10.8. The molecule has 13 heavy (non-hydrogen) atoms. The lowest BCUT2D eigenvalue weighted by atomic mass is 10.1. The fourth-order valence-corrected chi connectivity index (χ4v) is 1.66. The van der Waals surface area contributed by atoms with E-state index in [2.05, 4.69) is 10.2 Å². The molecule has 0 radical (unpaired) electrons. The Kier molecular flexibility index (Phi) is 1.68. The summed E-state index contributed by atoms with van der Waals surface area (Å²) < 4.78 is 1.51. The lowest BCUT2D eigenvalue weighted by molar-refractivity contribution is -0.141. The molecule has 1 aliphatic heterocycles. The highest BCUT2D eigenvalue weighted by Crippen LogP contribution is 2.25. The van der Waals surface area contributed by atoms with Crippen molar-refractivity contribution < 1.29 is 9.90 Å². The van der Waals surface area contributed by atoms with E-state index < -0.39 is 12.0 Å². The van der Waals surface area contributed by atoms with E-state index in [-0.39, 0.29) is 5.95 Å². The normalized spacial score (nSPS) is 21.1. The number of carboxylic acids is 1. The molecule has 70 valence electrons. The molecule has 0 saturated heterocycles. The molecule has 0 saturated carbocycles. The van der Waals surface area contributed by atoms with Crippen molar-refractivity contribution in [1.29, 1.82) is 0 Å². The minimum absolute atomic E-state index is 0.196. The molecule has 1 aromatic heterocycles. The van der Waals surface area contributed by atoms with Gasteiger partial charge in [0.05, 0.1) is 0 Å². The van der Waals surface area contributed by atoms with Gasteiger partial charge in [-0.2, -0.15) is 0 Å². The van der Waals surface area contributed by atoms with E-state index in [0.717, 1.165) is 12.8 Å². The number of carboxylic acid groups (broad SMARTS) is 1. The van der Waals surface area contributed by atoms with Crippen LogP contribution in [0, 0.1) is 0 Å². The molecule has 3 N–H and O–H groups in total. The molecular weight excluding hydrogens is 172 g/mol. The average Bonchev–Trinajstić information content (AvgIpc) is 2.48. The van der Waals surface area contributed by atoms with Gasteiger partial charge in [0.2, 0.25) is 5.95 Å². The Morgan fingerprint density at radius 2 is 2.38 bits per heavy atom. The second-order valence-electron chi connectivity index (χ2n) is 3.09. The van der Waals surface area contributed by atoms with Gasteiger partial charge in [-0.15, -0.1) is 10.2 Å². The number of aliphatic carboxylic acids is 1. The number of hydrogen-bond donors (Lipinski definition) is 2. The van der Waals surface area contributed by atoms with Crippen LogP contribution in [0.2, 0.25) is 0 Å². The van der Waals surface area contributed by atoms with E-state index in [1.54, 1.807) is 0 Å². The van der Waals surface area contributed by atoms with E-state index >= 15 is 0 Å². The van der Waals surface area contributed by atoms with Gasteiger partial charge in [0.25, 0.3) is 0 Å². The van der Waals surface area contributed by atoms with Crippen LogP contribution in [0.3, 0.4) is 0 Å². The second-order valence-corrected chi connectivity index (χ2v) is 3.09. The van der Waals surface area contributed by atoms with Gasteiger partial charge in [-0.25, -0.2) is 4.79 Å². The van der Waals surface area contributed by atoms with Crippen molar-refractivity contribution in [2.45, 2.75) is 25.3 Å². The molecule has 2 heterocycles. The van der Waals surface area contributed by atoms with E-state index in [4.69, 9.17) is 10.8 Å². The first kappa shape index (κ1) is 8.03. The van der Waals surface area contributed by atoms with Crippen LogP contribution in [0.25, 0.3) is 0 Å². The van der Waals surface area contributed by atoms with Gasteiger partial charge in [-0.3, -0.25) is 4.57 Å². The van der Waals surface area contributed by atoms with E-state index in [1.165, 1.54) is 4.57 Å². The van der Waals surface area contributed by atoms with Crippen molar-refractivity contribution in [3.8, 4) is 0 Å². The summed E-state index contributed by atoms with van der Waals surface area (Å²) in [6.07, 6.45) is 2.19. The maximum Gasteiger partial charge on any atom is 0.326 e. The highest BCUT2D eigenvalue weighted by Gasteiger charge is 2.28. The van der Waals surface area contributed by atoms with Crippen LogP contribution in [0.5, 0.6) is 0 Å². The summed E-state index contributed by atoms with van der Waals surface area (Å²) in [5.41, 5.74) is 5.52. The molecule has 1 atom stereocenters. The molecule has 1 unspecified atom stereocenters. The van der Waals surface area contributed by atoms with Crippen LogP contribution in [0.1, 0.15) is 24.7 Å². The zero-order valence-electron chi connectivity index (χ0n) is 6.97. The van der Waals surface area contributed by atoms with Gasteiger partial charge in [0, 0.05) is 6.42 Å². The number of aryl methyl sites for hydroxylation is 1. The number of nitrogen functional groups attached to an aromatic ring is 1. The zero-order chi connectivity index (χ0) is 9.42. The number of carbonyl (C=O) groups is 1. The Hall–Kier alpha value is -1.59. The summed E-state index contributed by atoms with van der Waals surface area (Å²) in [5.74, 6) is 0.00528. The van der Waals surface area contributed by atoms with Crippen LogP contribution < -0.4 is 5.73 Å². The minimum Gasteiger partial charge on any atom is -0.480 e. The first-order valence-electron chi connectivity index (χ1n) is 4.12. The van der Waals surface area contributed by atoms with Gasteiger partial charge in [0.15, 0.2) is 0 Å². The Labute approximate surface area is 74.4 Å². The molecule has 6 nitrogen and oxygen atoms in total. The lowest BCUT2D eigenvalue weighted by Crippen LogP contribution is -2.26. The maximum atomic E-state index is 10.8. The first-order chi connectivity index (χ1) is 6.20. The molecule has 6 heteroatoms. The highest BCUT2D eigenvalue weighted by molar-refractivity contribution is 5.72. The Bertz CT molecular complexity index is 346. The molecule has 0 aromatic carbocycles. The Morgan fingerprint density at radius 1 is 1.62 bits per heavy atom. The number of fused-ring (bicyclic) bond motifs is 1. The molecule has 0 amide bonds. The van der Waals surface area contributed by atoms with Gasteiger partial charge in [-0.05, 0) is 12.8 Å². The SMILES string of the molecule is Nc1nnc2n1C(C(=O)O)CCC2. The van der Waals surface area contributed by atoms with Gasteiger partial charge < -0.3 is 10.8 Å². The van der Waals surface area contributed by atoms with Crippen molar-refractivity contribution in [1.82, 2.24) is 14.8 Å². The summed E-state index contributed by atoms with van der Waals surface area (Å²) in [6, 6.07) is -0.584. The van der Waals surface area contributed by atoms with Gasteiger partial charge in [-0.1, -0.05) is 0 Å². The molecule has 0 spiro atoms. The standard InChI is InChI=1S/C7H10N4O2/c8-7-10-9-5-3-1-2-4(6(12)13)11(5)7/h4H,1-3H2,(H2,8,10)(H,12,13). The summed E-state index contributed by atoms with van der Waals surface area (Å²) in [6.45, 7) is 0. The van der Waals surface area contributed by atoms with Crippen molar-refractivity contribution in [3.05, 3.63) is 5.82 Å². The third kappa shape index (κ3) is 1.14. The summed E-state index contributed by atoms with van der Waals surface area (Å²) in [5, 5.41) is 16.4. The topological polar surface area (TPSA) is 94.0 Å². The van der Waals surface area contributed by atoms with E-state index in [9.17, 15) is 4.79 Å². The predicted octanol–water partition coefficient (Wildman–Crippen LogP) is -0.178. The van der Waals surface area contributed by atoms with Crippen LogP contribution in [0.4, 0.5) is 5.95 Å². The van der Waals surface area contributed by atoms with E-state index in [1.807, 2.05) is 0 Å². The first-order valence-corrected chi connectivity index (χ1v) is 4.12. The lowest BCUT2D eigenvalue weighted by Gasteiger charge is -2.21. The molecule has 1 aromatic rings. The molecular formula is C7H10N4O2. The third-order valence-corrected chi connectivity index (χ3v) is 2.27. The van der Waals surface area contributed by atoms with Crippen molar-refractivity contribution >= 4 is 11.9 Å². The van der Waals surface area contributed by atoms with Crippen LogP contribution in [-0.2, 0) is 11.2 Å². The number of hydrogen-bond acceptors (Lipinski definition) is 4. The van der Waals surface area contributed by atoms with Crippen molar-refractivity contribution in [3.63, 3.8) is 0 Å². The van der Waals surface area contributed by atoms with Gasteiger partial charge in [0.1, 0.15) is 11.9 Å². The molecule has 0 bridgehead atoms. The third-order valence-electron chi connectivity index (χ3n) is 2.27. The van der Waals surface area contributed by atoms with Crippen LogP contribution >= 0.6 is 0 Å². The summed E-state index contributed by atoms with van der Waals surface area (Å²) >= 11 is 0. The number of nitrogens with two attached hydrogens (primary N) is 1. The maximum absolute atomic E-state index is 10.8. The Balaban J connectivity index is 2.46. The molecule has 1 aliphatic rings. The summed E-state index contributed by atoms with van der Waals surface area (Å²) in [7, 11) is 0. The number of aromatic nitrogens is 3. The molecule has 0 aliphatic carbocycles. The van der Waals surface area contributed by atoms with Crippen LogP contribution in [-0.4, -0.2) is 25.8 Å². The quantitative estimate of drug-likeness (QED) is 0.628.